The van der Waals surface area contributed by atoms with Crippen molar-refractivity contribution in [2.75, 3.05) is 19.0 Å². The van der Waals surface area contributed by atoms with Crippen molar-refractivity contribution < 1.29 is 9.53 Å². The van der Waals surface area contributed by atoms with Gasteiger partial charge in [0.15, 0.2) is 5.11 Å². The highest BCUT2D eigenvalue weighted by Gasteiger charge is 2.50. The Bertz CT molecular complexity index is 705. The van der Waals surface area contributed by atoms with Gasteiger partial charge in [-0.2, -0.15) is 0 Å². The van der Waals surface area contributed by atoms with E-state index >= 15 is 0 Å². The van der Waals surface area contributed by atoms with E-state index in [1.807, 2.05) is 13.8 Å². The van der Waals surface area contributed by atoms with E-state index in [1.54, 1.807) is 11.3 Å². The summed E-state index contributed by atoms with van der Waals surface area (Å²) in [5, 5.41) is 8.14. The molecule has 0 unspecified atom stereocenters. The second-order valence-corrected chi connectivity index (χ2v) is 10.3. The molecule has 4 fully saturated rings. The van der Waals surface area contributed by atoms with E-state index < -0.39 is 0 Å². The Kier molecular flexibility index (Phi) is 4.76. The summed E-state index contributed by atoms with van der Waals surface area (Å²) in [6.07, 6.45) is 8.45. The smallest absolute Gasteiger partial charge is 0.341 e. The number of rotatable bonds is 4. The maximum Gasteiger partial charge on any atom is 0.341 e. The Morgan fingerprint density at radius 1 is 1.19 bits per heavy atom. The maximum absolute atomic E-state index is 12.1. The van der Waals surface area contributed by atoms with Crippen molar-refractivity contribution in [2.45, 2.75) is 52.4 Å². The fraction of sp³-hybridized carbons (Fsp3) is 0.700. The minimum atomic E-state index is -0.307. The Morgan fingerprint density at radius 2 is 1.77 bits per heavy atom. The predicted octanol–water partition coefficient (Wildman–Crippen LogP) is 4.65. The third-order valence-corrected chi connectivity index (χ3v) is 8.16. The number of carbonyl (C=O) groups is 1. The molecule has 1 heterocycles. The number of hydrogen-bond acceptors (Lipinski definition) is 4. The molecule has 142 valence electrons. The highest BCUT2D eigenvalue weighted by molar-refractivity contribution is 7.80. The Hall–Kier alpha value is -1.14. The van der Waals surface area contributed by atoms with Crippen LogP contribution in [0.25, 0.3) is 0 Å². The van der Waals surface area contributed by atoms with Gasteiger partial charge >= 0.3 is 5.97 Å². The predicted molar refractivity (Wildman–Crippen MR) is 110 cm³/mol. The standard InChI is InChI=1S/C20H28N2O2S2/c1-11-12(2)26-17(16(11)18(23)24-3)22-19(25)21-10-20-7-13-4-14(8-20)6-15(5-13)9-20/h13-15H,4-10H2,1-3H3,(H2,21,22,25). The van der Waals surface area contributed by atoms with Crippen LogP contribution in [0.2, 0.25) is 0 Å². The number of anilines is 1. The molecule has 5 rings (SSSR count). The third-order valence-electron chi connectivity index (χ3n) is 6.79. The lowest BCUT2D eigenvalue weighted by atomic mass is 9.49. The number of aryl methyl sites for hydroxylation is 1. The average molecular weight is 393 g/mol. The first-order valence-electron chi connectivity index (χ1n) is 9.62. The van der Waals surface area contributed by atoms with Gasteiger partial charge in [-0.1, -0.05) is 0 Å². The second kappa shape index (κ2) is 6.79. The number of esters is 1. The van der Waals surface area contributed by atoms with Gasteiger partial charge in [-0.15, -0.1) is 11.3 Å². The summed E-state index contributed by atoms with van der Waals surface area (Å²) in [5.74, 6) is 2.52. The van der Waals surface area contributed by atoms with Crippen LogP contribution >= 0.6 is 23.6 Å². The highest BCUT2D eigenvalue weighted by Crippen LogP contribution is 2.59. The number of carbonyl (C=O) groups excluding carboxylic acids is 1. The van der Waals surface area contributed by atoms with Crippen molar-refractivity contribution in [3.63, 3.8) is 0 Å². The Morgan fingerprint density at radius 3 is 2.31 bits per heavy atom. The van der Waals surface area contributed by atoms with Crippen LogP contribution < -0.4 is 10.6 Å². The molecule has 0 spiro atoms. The van der Waals surface area contributed by atoms with Crippen molar-refractivity contribution in [3.8, 4) is 0 Å². The quantitative estimate of drug-likeness (QED) is 0.577. The Labute approximate surface area is 165 Å². The van der Waals surface area contributed by atoms with Gasteiger partial charge < -0.3 is 15.4 Å². The van der Waals surface area contributed by atoms with Gasteiger partial charge in [0.2, 0.25) is 0 Å². The van der Waals surface area contributed by atoms with Crippen LogP contribution in [0.1, 0.15) is 59.3 Å². The van der Waals surface area contributed by atoms with Crippen LogP contribution in [-0.2, 0) is 4.74 Å². The monoisotopic (exact) mass is 392 g/mol. The molecule has 26 heavy (non-hydrogen) atoms. The van der Waals surface area contributed by atoms with Gasteiger partial charge in [0, 0.05) is 11.4 Å². The van der Waals surface area contributed by atoms with Crippen molar-refractivity contribution in [3.05, 3.63) is 16.0 Å². The molecule has 4 aliphatic rings. The molecule has 4 saturated carbocycles. The lowest BCUT2D eigenvalue weighted by Crippen LogP contribution is -2.51. The molecule has 0 amide bonds. The van der Waals surface area contributed by atoms with Gasteiger partial charge in [-0.25, -0.2) is 4.79 Å². The molecule has 0 atom stereocenters. The number of thiophene rings is 1. The zero-order chi connectivity index (χ0) is 18.5. The molecular formula is C20H28N2O2S2. The molecule has 0 saturated heterocycles. The molecule has 6 heteroatoms. The number of hydrogen-bond donors (Lipinski definition) is 2. The van der Waals surface area contributed by atoms with Gasteiger partial charge in [0.25, 0.3) is 0 Å². The van der Waals surface area contributed by atoms with E-state index in [9.17, 15) is 4.79 Å². The van der Waals surface area contributed by atoms with E-state index in [1.165, 1.54) is 45.6 Å². The summed E-state index contributed by atoms with van der Waals surface area (Å²) in [5.41, 5.74) is 2.01. The van der Waals surface area contributed by atoms with E-state index in [-0.39, 0.29) is 5.97 Å². The fourth-order valence-electron chi connectivity index (χ4n) is 5.98. The number of thiocarbonyl (C=S) groups is 1. The first-order valence-corrected chi connectivity index (χ1v) is 10.8. The van der Waals surface area contributed by atoms with Crippen molar-refractivity contribution in [1.29, 1.82) is 0 Å². The number of nitrogens with one attached hydrogen (secondary N) is 2. The van der Waals surface area contributed by atoms with Crippen molar-refractivity contribution >= 4 is 39.6 Å². The van der Waals surface area contributed by atoms with Crippen LogP contribution in [0.3, 0.4) is 0 Å². The highest BCUT2D eigenvalue weighted by atomic mass is 32.1. The summed E-state index contributed by atoms with van der Waals surface area (Å²) in [6, 6.07) is 0. The summed E-state index contributed by atoms with van der Waals surface area (Å²) < 4.78 is 4.94. The van der Waals surface area contributed by atoms with Crippen LogP contribution in [0.4, 0.5) is 5.00 Å². The second-order valence-electron chi connectivity index (χ2n) is 8.70. The molecule has 4 nitrogen and oxygen atoms in total. The van der Waals surface area contributed by atoms with Crippen molar-refractivity contribution in [1.82, 2.24) is 5.32 Å². The van der Waals surface area contributed by atoms with E-state index in [4.69, 9.17) is 17.0 Å². The molecule has 4 aliphatic carbocycles. The maximum atomic E-state index is 12.1. The first kappa shape index (κ1) is 18.2. The largest absolute Gasteiger partial charge is 0.465 e. The van der Waals surface area contributed by atoms with E-state index in [2.05, 4.69) is 10.6 Å². The summed E-state index contributed by atoms with van der Waals surface area (Å²) in [7, 11) is 1.42. The molecule has 2 N–H and O–H groups in total. The summed E-state index contributed by atoms with van der Waals surface area (Å²) in [6.45, 7) is 4.93. The molecule has 0 radical (unpaired) electrons. The lowest BCUT2D eigenvalue weighted by Gasteiger charge is -2.57. The number of ether oxygens (including phenoxy) is 1. The Balaban J connectivity index is 1.41. The zero-order valence-corrected chi connectivity index (χ0v) is 17.4. The van der Waals surface area contributed by atoms with Gasteiger partial charge in [0.05, 0.1) is 12.7 Å². The molecule has 1 aromatic heterocycles. The molecule has 0 aromatic carbocycles. The topological polar surface area (TPSA) is 50.4 Å². The summed E-state index contributed by atoms with van der Waals surface area (Å²) >= 11 is 7.12. The van der Waals surface area contributed by atoms with Crippen LogP contribution in [0, 0.1) is 37.0 Å². The van der Waals surface area contributed by atoms with E-state index in [0.29, 0.717) is 16.1 Å². The van der Waals surface area contributed by atoms with Crippen LogP contribution in [-0.4, -0.2) is 24.7 Å². The summed E-state index contributed by atoms with van der Waals surface area (Å²) in [4.78, 5) is 13.2. The molecule has 1 aromatic rings. The minimum Gasteiger partial charge on any atom is -0.465 e. The lowest BCUT2D eigenvalue weighted by molar-refractivity contribution is -0.0490. The van der Waals surface area contributed by atoms with Gasteiger partial charge in [0.1, 0.15) is 5.00 Å². The third kappa shape index (κ3) is 3.26. The first-order chi connectivity index (χ1) is 12.4. The van der Waals surface area contributed by atoms with Crippen LogP contribution in [0.5, 0.6) is 0 Å². The normalized spacial score (nSPS) is 31.7. The van der Waals surface area contributed by atoms with Crippen molar-refractivity contribution in [2.24, 2.45) is 23.2 Å². The zero-order valence-electron chi connectivity index (χ0n) is 15.8. The molecule has 0 aliphatic heterocycles. The van der Waals surface area contributed by atoms with Gasteiger partial charge in [-0.3, -0.25) is 0 Å². The van der Waals surface area contributed by atoms with Gasteiger partial charge in [-0.05, 0) is 93.3 Å². The number of methoxy groups -OCH3 is 1. The molecule has 4 bridgehead atoms. The minimum absolute atomic E-state index is 0.307. The average Bonchev–Trinajstić information content (AvgIpc) is 2.85. The van der Waals surface area contributed by atoms with Crippen LogP contribution in [0.15, 0.2) is 0 Å². The fourth-order valence-corrected chi connectivity index (χ4v) is 7.28. The SMILES string of the molecule is COC(=O)c1c(NC(=S)NCC23CC4CC(CC(C4)C2)C3)sc(C)c1C. The van der Waals surface area contributed by atoms with E-state index in [0.717, 1.165) is 39.7 Å². The molecular weight excluding hydrogens is 364 g/mol.